The fourth-order valence-corrected chi connectivity index (χ4v) is 2.76. The van der Waals surface area contributed by atoms with Crippen molar-refractivity contribution in [2.24, 2.45) is 17.8 Å². The summed E-state index contributed by atoms with van der Waals surface area (Å²) in [7, 11) is 1.91. The van der Waals surface area contributed by atoms with Gasteiger partial charge < -0.3 is 20.7 Å². The van der Waals surface area contributed by atoms with Crippen LogP contribution in [0.5, 0.6) is 0 Å². The second-order valence-corrected chi connectivity index (χ2v) is 6.00. The van der Waals surface area contributed by atoms with Gasteiger partial charge in [-0.1, -0.05) is 0 Å². The van der Waals surface area contributed by atoms with E-state index in [1.165, 1.54) is 5.56 Å². The van der Waals surface area contributed by atoms with Gasteiger partial charge in [0.05, 0.1) is 12.8 Å². The van der Waals surface area contributed by atoms with Crippen LogP contribution >= 0.6 is 24.0 Å². The van der Waals surface area contributed by atoms with Crippen molar-refractivity contribution in [2.45, 2.75) is 38.6 Å². The van der Waals surface area contributed by atoms with E-state index in [2.05, 4.69) is 15.4 Å². The summed E-state index contributed by atoms with van der Waals surface area (Å²) in [6, 6.07) is 0.262. The summed E-state index contributed by atoms with van der Waals surface area (Å²) in [4.78, 5) is 17.8. The van der Waals surface area contributed by atoms with Gasteiger partial charge in [-0.05, 0) is 38.2 Å². The number of hydrogen-bond donors (Lipinski definition) is 2. The molecule has 1 fully saturated rings. The average Bonchev–Trinajstić information content (AvgIpc) is 2.98. The van der Waals surface area contributed by atoms with Gasteiger partial charge in [0, 0.05) is 38.9 Å². The lowest BCUT2D eigenvalue weighted by Gasteiger charge is -2.31. The molecule has 1 aromatic heterocycles. The first-order chi connectivity index (χ1) is 11.6. The minimum absolute atomic E-state index is 0. The summed E-state index contributed by atoms with van der Waals surface area (Å²) in [6.45, 7) is 4.29. The number of carbonyl (C=O) groups excluding carboxylic acids is 1. The number of aliphatic imine (C=N–C) groups is 1. The number of carbonyl (C=O) groups is 1. The summed E-state index contributed by atoms with van der Waals surface area (Å²) in [5.74, 6) is 0.482. The van der Waals surface area contributed by atoms with E-state index in [0.717, 1.165) is 25.7 Å². The molecule has 1 amide bonds. The third kappa shape index (κ3) is 7.49. The molecule has 25 heavy (non-hydrogen) atoms. The maximum Gasteiger partial charge on any atom is 0.409 e. The van der Waals surface area contributed by atoms with Gasteiger partial charge in [0.2, 0.25) is 0 Å². The SMILES string of the molecule is CCOC(=O)N1CCC(NC(N)=NCCCc2cnn(C)c2)CC1.I. The highest BCUT2D eigenvalue weighted by atomic mass is 127. The number of rotatable bonds is 6. The largest absolute Gasteiger partial charge is 0.450 e. The van der Waals surface area contributed by atoms with Gasteiger partial charge in [0.15, 0.2) is 5.96 Å². The smallest absolute Gasteiger partial charge is 0.409 e. The van der Waals surface area contributed by atoms with Crippen LogP contribution in [0.3, 0.4) is 0 Å². The molecular formula is C16H29IN6O2. The Bertz CT molecular complexity index is 555. The molecule has 0 bridgehead atoms. The lowest BCUT2D eigenvalue weighted by molar-refractivity contribution is 0.0963. The van der Waals surface area contributed by atoms with E-state index < -0.39 is 0 Å². The van der Waals surface area contributed by atoms with E-state index in [1.54, 1.807) is 9.58 Å². The van der Waals surface area contributed by atoms with Gasteiger partial charge in [-0.25, -0.2) is 4.79 Å². The number of nitrogens with two attached hydrogens (primary N) is 1. The van der Waals surface area contributed by atoms with Crippen LogP contribution in [0.25, 0.3) is 0 Å². The lowest BCUT2D eigenvalue weighted by Crippen LogP contribution is -2.48. The first kappa shape index (κ1) is 21.5. The Morgan fingerprint density at radius 3 is 2.80 bits per heavy atom. The van der Waals surface area contributed by atoms with Crippen LogP contribution in [-0.2, 0) is 18.2 Å². The lowest BCUT2D eigenvalue weighted by atomic mass is 10.1. The van der Waals surface area contributed by atoms with Crippen LogP contribution in [-0.4, -0.2) is 59.0 Å². The fraction of sp³-hybridized carbons (Fsp3) is 0.688. The molecule has 2 heterocycles. The molecule has 1 saturated heterocycles. The third-order valence-electron chi connectivity index (χ3n) is 4.04. The topological polar surface area (TPSA) is 97.8 Å². The Balaban J connectivity index is 0.00000312. The summed E-state index contributed by atoms with van der Waals surface area (Å²) >= 11 is 0. The highest BCUT2D eigenvalue weighted by Gasteiger charge is 2.23. The summed E-state index contributed by atoms with van der Waals surface area (Å²) in [6.07, 6.45) is 7.26. The molecule has 142 valence electrons. The molecule has 1 aliphatic rings. The second-order valence-electron chi connectivity index (χ2n) is 6.00. The predicted molar refractivity (Wildman–Crippen MR) is 108 cm³/mol. The number of hydrogen-bond acceptors (Lipinski definition) is 4. The maximum absolute atomic E-state index is 11.6. The normalized spacial score (nSPS) is 15.6. The first-order valence-electron chi connectivity index (χ1n) is 8.54. The number of nitrogens with zero attached hydrogens (tertiary/aromatic N) is 4. The molecule has 0 unspecified atom stereocenters. The van der Waals surface area contributed by atoms with E-state index in [-0.39, 0.29) is 36.1 Å². The first-order valence-corrected chi connectivity index (χ1v) is 8.54. The summed E-state index contributed by atoms with van der Waals surface area (Å²) in [5.41, 5.74) is 7.16. The monoisotopic (exact) mass is 464 g/mol. The maximum atomic E-state index is 11.6. The van der Waals surface area contributed by atoms with Crippen LogP contribution in [0.15, 0.2) is 17.4 Å². The predicted octanol–water partition coefficient (Wildman–Crippen LogP) is 1.50. The fourth-order valence-electron chi connectivity index (χ4n) is 2.76. The van der Waals surface area contributed by atoms with Crippen molar-refractivity contribution in [3.8, 4) is 0 Å². The van der Waals surface area contributed by atoms with E-state index in [1.807, 2.05) is 26.4 Å². The average molecular weight is 464 g/mol. The molecule has 2 rings (SSSR count). The summed E-state index contributed by atoms with van der Waals surface area (Å²) in [5, 5.41) is 7.39. The zero-order valence-electron chi connectivity index (χ0n) is 15.0. The number of ether oxygens (including phenoxy) is 1. The van der Waals surface area contributed by atoms with E-state index >= 15 is 0 Å². The Morgan fingerprint density at radius 2 is 2.20 bits per heavy atom. The Kier molecular flexibility index (Phi) is 9.61. The van der Waals surface area contributed by atoms with Crippen LogP contribution in [0.4, 0.5) is 4.79 Å². The number of aromatic nitrogens is 2. The van der Waals surface area contributed by atoms with Gasteiger partial charge in [-0.15, -0.1) is 24.0 Å². The summed E-state index contributed by atoms with van der Waals surface area (Å²) < 4.78 is 6.82. The number of piperidine rings is 1. The number of likely N-dealkylation sites (tertiary alicyclic amines) is 1. The Morgan fingerprint density at radius 1 is 1.48 bits per heavy atom. The van der Waals surface area contributed by atoms with Gasteiger partial charge in [0.25, 0.3) is 0 Å². The van der Waals surface area contributed by atoms with Crippen LogP contribution in [0.1, 0.15) is 31.7 Å². The zero-order valence-corrected chi connectivity index (χ0v) is 17.3. The van der Waals surface area contributed by atoms with Gasteiger partial charge in [-0.3, -0.25) is 9.67 Å². The highest BCUT2D eigenvalue weighted by Crippen LogP contribution is 2.11. The molecule has 3 N–H and O–H groups in total. The molecule has 0 radical (unpaired) electrons. The van der Waals surface area contributed by atoms with Crippen molar-refractivity contribution in [1.29, 1.82) is 0 Å². The standard InChI is InChI=1S/C16H28N6O2.HI/c1-3-24-16(23)22-9-6-14(7-10-22)20-15(17)18-8-4-5-13-11-19-21(2)12-13;/h11-12,14H,3-10H2,1-2H3,(H3,17,18,20);1H. The van der Waals surface area contributed by atoms with Gasteiger partial charge in [-0.2, -0.15) is 5.10 Å². The third-order valence-corrected chi connectivity index (χ3v) is 4.04. The molecule has 0 spiro atoms. The van der Waals surface area contributed by atoms with E-state index in [4.69, 9.17) is 10.5 Å². The molecule has 0 atom stereocenters. The zero-order chi connectivity index (χ0) is 17.4. The van der Waals surface area contributed by atoms with Crippen LogP contribution < -0.4 is 11.1 Å². The quantitative estimate of drug-likeness (QED) is 0.288. The van der Waals surface area contributed by atoms with Gasteiger partial charge in [0.1, 0.15) is 0 Å². The van der Waals surface area contributed by atoms with Crippen molar-refractivity contribution >= 4 is 36.0 Å². The van der Waals surface area contributed by atoms with Crippen molar-refractivity contribution < 1.29 is 9.53 Å². The van der Waals surface area contributed by atoms with Crippen molar-refractivity contribution in [2.75, 3.05) is 26.2 Å². The van der Waals surface area contributed by atoms with Gasteiger partial charge >= 0.3 is 6.09 Å². The highest BCUT2D eigenvalue weighted by molar-refractivity contribution is 14.0. The number of aryl methyl sites for hydroxylation is 2. The molecule has 1 aromatic rings. The van der Waals surface area contributed by atoms with E-state index in [9.17, 15) is 4.79 Å². The Hall–Kier alpha value is -1.52. The number of nitrogens with one attached hydrogen (secondary N) is 1. The molecule has 0 aliphatic carbocycles. The van der Waals surface area contributed by atoms with Crippen molar-refractivity contribution in [1.82, 2.24) is 20.0 Å². The van der Waals surface area contributed by atoms with Crippen LogP contribution in [0, 0.1) is 0 Å². The number of halogens is 1. The minimum atomic E-state index is -0.229. The molecular weight excluding hydrogens is 435 g/mol. The number of amides is 1. The molecule has 0 saturated carbocycles. The molecule has 0 aromatic carbocycles. The molecule has 9 heteroatoms. The Labute approximate surface area is 166 Å². The minimum Gasteiger partial charge on any atom is -0.450 e. The molecule has 8 nitrogen and oxygen atoms in total. The van der Waals surface area contributed by atoms with Crippen molar-refractivity contribution in [3.05, 3.63) is 18.0 Å². The van der Waals surface area contributed by atoms with E-state index in [0.29, 0.717) is 32.2 Å². The second kappa shape index (κ2) is 11.2. The number of guanidine groups is 1. The van der Waals surface area contributed by atoms with Crippen LogP contribution in [0.2, 0.25) is 0 Å². The molecule has 1 aliphatic heterocycles. The van der Waals surface area contributed by atoms with Crippen molar-refractivity contribution in [3.63, 3.8) is 0 Å².